The second-order valence-electron chi connectivity index (χ2n) is 4.30. The van der Waals surface area contributed by atoms with Crippen molar-refractivity contribution in [3.05, 3.63) is 34.4 Å². The normalized spacial score (nSPS) is 12.6. The third-order valence-corrected chi connectivity index (χ3v) is 3.54. The lowest BCUT2D eigenvalue weighted by molar-refractivity contribution is 0.347. The Morgan fingerprint density at radius 1 is 1.47 bits per heavy atom. The van der Waals surface area contributed by atoms with E-state index < -0.39 is 0 Å². The predicted octanol–water partition coefficient (Wildman–Crippen LogP) is 3.48. The van der Waals surface area contributed by atoms with Gasteiger partial charge >= 0.3 is 0 Å². The molecule has 1 aromatic heterocycles. The minimum Gasteiger partial charge on any atom is -0.339 e. The summed E-state index contributed by atoms with van der Waals surface area (Å²) in [6.45, 7) is 2.55. The molecular weight excluding hydrogens is 313 g/mol. The van der Waals surface area contributed by atoms with E-state index >= 15 is 0 Å². The molecule has 0 fully saturated rings. The van der Waals surface area contributed by atoms with E-state index in [-0.39, 0.29) is 11.7 Å². The quantitative estimate of drug-likeness (QED) is 0.913. The van der Waals surface area contributed by atoms with E-state index in [0.717, 1.165) is 12.8 Å². The fourth-order valence-corrected chi connectivity index (χ4v) is 2.40. The zero-order valence-corrected chi connectivity index (χ0v) is 12.2. The molecule has 1 aromatic carbocycles. The Kier molecular flexibility index (Phi) is 4.66. The highest BCUT2D eigenvalue weighted by molar-refractivity contribution is 9.10. The van der Waals surface area contributed by atoms with Crippen LogP contribution in [-0.2, 0) is 0 Å². The molecule has 0 aliphatic carbocycles. The SMILES string of the molecule is CCCC(CN)c1nc(-c2ccc(F)cc2Br)no1. The molecule has 0 saturated carbocycles. The highest BCUT2D eigenvalue weighted by atomic mass is 79.9. The minimum absolute atomic E-state index is 0.0745. The lowest BCUT2D eigenvalue weighted by atomic mass is 10.0. The van der Waals surface area contributed by atoms with Crippen molar-refractivity contribution in [1.82, 2.24) is 10.1 Å². The maximum absolute atomic E-state index is 13.0. The van der Waals surface area contributed by atoms with Gasteiger partial charge in [-0.25, -0.2) is 4.39 Å². The molecule has 19 heavy (non-hydrogen) atoms. The predicted molar refractivity (Wildman–Crippen MR) is 74.1 cm³/mol. The lowest BCUT2D eigenvalue weighted by Crippen LogP contribution is -2.12. The molecule has 1 atom stereocenters. The molecule has 0 spiro atoms. The summed E-state index contributed by atoms with van der Waals surface area (Å²) in [5.74, 6) is 0.739. The molecule has 0 bridgehead atoms. The molecule has 1 unspecified atom stereocenters. The number of hydrogen-bond donors (Lipinski definition) is 1. The van der Waals surface area contributed by atoms with Gasteiger partial charge in [0, 0.05) is 16.6 Å². The van der Waals surface area contributed by atoms with Gasteiger partial charge in [-0.3, -0.25) is 0 Å². The van der Waals surface area contributed by atoms with Gasteiger partial charge in [-0.15, -0.1) is 0 Å². The van der Waals surface area contributed by atoms with Crippen LogP contribution in [-0.4, -0.2) is 16.7 Å². The molecule has 102 valence electrons. The van der Waals surface area contributed by atoms with Crippen LogP contribution in [0.1, 0.15) is 31.6 Å². The van der Waals surface area contributed by atoms with Crippen LogP contribution >= 0.6 is 15.9 Å². The van der Waals surface area contributed by atoms with E-state index in [0.29, 0.717) is 28.3 Å². The summed E-state index contributed by atoms with van der Waals surface area (Å²) in [5.41, 5.74) is 6.40. The Morgan fingerprint density at radius 2 is 2.26 bits per heavy atom. The number of rotatable bonds is 5. The van der Waals surface area contributed by atoms with Gasteiger partial charge in [0.1, 0.15) is 5.82 Å². The zero-order chi connectivity index (χ0) is 13.8. The lowest BCUT2D eigenvalue weighted by Gasteiger charge is -2.06. The first kappa shape index (κ1) is 14.1. The van der Waals surface area contributed by atoms with Crippen molar-refractivity contribution in [2.45, 2.75) is 25.7 Å². The first-order valence-corrected chi connectivity index (χ1v) is 6.94. The molecule has 0 radical (unpaired) electrons. The molecule has 2 aromatic rings. The zero-order valence-electron chi connectivity index (χ0n) is 10.6. The minimum atomic E-state index is -0.315. The summed E-state index contributed by atoms with van der Waals surface area (Å²) >= 11 is 3.29. The number of aromatic nitrogens is 2. The number of nitrogens with zero attached hydrogens (tertiary/aromatic N) is 2. The standard InChI is InChI=1S/C13H15BrFN3O/c1-2-3-8(7-16)13-17-12(18-19-13)10-5-4-9(15)6-11(10)14/h4-6,8H,2-3,7,16H2,1H3. The van der Waals surface area contributed by atoms with E-state index in [4.69, 9.17) is 10.3 Å². The third kappa shape index (κ3) is 3.19. The highest BCUT2D eigenvalue weighted by Gasteiger charge is 2.18. The summed E-state index contributed by atoms with van der Waals surface area (Å²) in [7, 11) is 0. The van der Waals surface area contributed by atoms with Crippen molar-refractivity contribution in [3.8, 4) is 11.4 Å². The topological polar surface area (TPSA) is 64.9 Å². The van der Waals surface area contributed by atoms with Crippen molar-refractivity contribution in [3.63, 3.8) is 0 Å². The van der Waals surface area contributed by atoms with Crippen LogP contribution in [0.3, 0.4) is 0 Å². The fraction of sp³-hybridized carbons (Fsp3) is 0.385. The third-order valence-electron chi connectivity index (χ3n) is 2.88. The molecule has 1 heterocycles. The van der Waals surface area contributed by atoms with Crippen LogP contribution in [0.15, 0.2) is 27.2 Å². The number of benzene rings is 1. The summed E-state index contributed by atoms with van der Waals surface area (Å²) < 4.78 is 18.9. The van der Waals surface area contributed by atoms with Crippen molar-refractivity contribution in [2.24, 2.45) is 5.73 Å². The average molecular weight is 328 g/mol. The van der Waals surface area contributed by atoms with Crippen molar-refractivity contribution in [2.75, 3.05) is 6.54 Å². The fourth-order valence-electron chi connectivity index (χ4n) is 1.87. The maximum atomic E-state index is 13.0. The largest absolute Gasteiger partial charge is 0.339 e. The van der Waals surface area contributed by atoms with Crippen LogP contribution < -0.4 is 5.73 Å². The van der Waals surface area contributed by atoms with Gasteiger partial charge in [0.05, 0.1) is 5.92 Å². The Balaban J connectivity index is 2.29. The summed E-state index contributed by atoms with van der Waals surface area (Å²) in [4.78, 5) is 4.35. The van der Waals surface area contributed by atoms with Gasteiger partial charge in [-0.05, 0) is 40.5 Å². The summed E-state index contributed by atoms with van der Waals surface area (Å²) in [5, 5.41) is 3.93. The molecule has 0 saturated heterocycles. The number of hydrogen-bond acceptors (Lipinski definition) is 4. The molecule has 4 nitrogen and oxygen atoms in total. The average Bonchev–Trinajstić information content (AvgIpc) is 2.85. The maximum Gasteiger partial charge on any atom is 0.231 e. The van der Waals surface area contributed by atoms with Gasteiger partial charge in [-0.1, -0.05) is 18.5 Å². The van der Waals surface area contributed by atoms with Gasteiger partial charge in [0.25, 0.3) is 0 Å². The molecule has 0 amide bonds. The monoisotopic (exact) mass is 327 g/mol. The van der Waals surface area contributed by atoms with Crippen LogP contribution in [0.5, 0.6) is 0 Å². The Morgan fingerprint density at radius 3 is 2.89 bits per heavy atom. The van der Waals surface area contributed by atoms with Gasteiger partial charge in [0.15, 0.2) is 0 Å². The van der Waals surface area contributed by atoms with Crippen LogP contribution in [0, 0.1) is 5.82 Å². The molecule has 0 aliphatic rings. The summed E-state index contributed by atoms with van der Waals surface area (Å²) in [6, 6.07) is 4.35. The van der Waals surface area contributed by atoms with E-state index in [9.17, 15) is 4.39 Å². The second-order valence-corrected chi connectivity index (χ2v) is 5.16. The van der Waals surface area contributed by atoms with E-state index in [1.165, 1.54) is 12.1 Å². The van der Waals surface area contributed by atoms with Gasteiger partial charge < -0.3 is 10.3 Å². The molecule has 6 heteroatoms. The van der Waals surface area contributed by atoms with Crippen LogP contribution in [0.2, 0.25) is 0 Å². The molecule has 0 aliphatic heterocycles. The number of nitrogens with two attached hydrogens (primary N) is 1. The smallest absolute Gasteiger partial charge is 0.231 e. The summed E-state index contributed by atoms with van der Waals surface area (Å²) in [6.07, 6.45) is 1.91. The van der Waals surface area contributed by atoms with Crippen LogP contribution in [0.25, 0.3) is 11.4 Å². The molecular formula is C13H15BrFN3O. The Labute approximate surface area is 119 Å². The Bertz CT molecular complexity index is 559. The first-order valence-electron chi connectivity index (χ1n) is 6.14. The van der Waals surface area contributed by atoms with E-state index in [1.807, 2.05) is 0 Å². The second kappa shape index (κ2) is 6.25. The van der Waals surface area contributed by atoms with Gasteiger partial charge in [0.2, 0.25) is 11.7 Å². The van der Waals surface area contributed by atoms with E-state index in [2.05, 4.69) is 33.0 Å². The first-order chi connectivity index (χ1) is 9.15. The van der Waals surface area contributed by atoms with Crippen molar-refractivity contribution < 1.29 is 8.91 Å². The Hall–Kier alpha value is -1.27. The van der Waals surface area contributed by atoms with Gasteiger partial charge in [-0.2, -0.15) is 4.98 Å². The van der Waals surface area contributed by atoms with Crippen LogP contribution in [0.4, 0.5) is 4.39 Å². The van der Waals surface area contributed by atoms with E-state index in [1.54, 1.807) is 6.07 Å². The molecule has 2 rings (SSSR count). The van der Waals surface area contributed by atoms with Crippen molar-refractivity contribution >= 4 is 15.9 Å². The van der Waals surface area contributed by atoms with Crippen molar-refractivity contribution in [1.29, 1.82) is 0 Å². The highest BCUT2D eigenvalue weighted by Crippen LogP contribution is 2.28. The number of halogens is 2. The molecule has 2 N–H and O–H groups in total.